The largest absolute Gasteiger partial charge is 0.493 e. The van der Waals surface area contributed by atoms with Gasteiger partial charge in [0.15, 0.2) is 17.4 Å². The number of H-pyrrole nitrogens is 1. The molecule has 0 radical (unpaired) electrons. The molecule has 1 heterocycles. The zero-order valence-corrected chi connectivity index (χ0v) is 11.2. The van der Waals surface area contributed by atoms with Crippen molar-refractivity contribution in [1.82, 2.24) is 9.97 Å². The highest BCUT2D eigenvalue weighted by Crippen LogP contribution is 2.38. The molecule has 0 aliphatic rings. The maximum Gasteiger partial charge on any atom is 0.203 e. The summed E-state index contributed by atoms with van der Waals surface area (Å²) < 4.78 is 15.9. The van der Waals surface area contributed by atoms with Gasteiger partial charge < -0.3 is 24.9 Å². The Hall–Kier alpha value is -2.37. The number of imidazole rings is 1. The molecule has 1 aromatic heterocycles. The van der Waals surface area contributed by atoms with E-state index in [-0.39, 0.29) is 0 Å². The molecule has 102 valence electrons. The Morgan fingerprint density at radius 2 is 1.74 bits per heavy atom. The van der Waals surface area contributed by atoms with E-state index in [0.717, 1.165) is 11.3 Å². The minimum Gasteiger partial charge on any atom is -0.493 e. The summed E-state index contributed by atoms with van der Waals surface area (Å²) in [7, 11) is 4.76. The zero-order valence-electron chi connectivity index (χ0n) is 11.2. The van der Waals surface area contributed by atoms with Gasteiger partial charge >= 0.3 is 0 Å². The molecule has 2 aromatic rings. The first-order chi connectivity index (χ1) is 9.17. The predicted molar refractivity (Wildman–Crippen MR) is 71.9 cm³/mol. The van der Waals surface area contributed by atoms with Crippen molar-refractivity contribution in [2.75, 3.05) is 27.1 Å². The number of ether oxygens (including phenoxy) is 3. The molecule has 1 aromatic carbocycles. The summed E-state index contributed by atoms with van der Waals surface area (Å²) in [5.74, 6) is 2.24. The lowest BCUT2D eigenvalue weighted by molar-refractivity contribution is 0.324. The number of methoxy groups -OCH3 is 3. The maximum absolute atomic E-state index is 5.55. The summed E-state index contributed by atoms with van der Waals surface area (Å²) in [4.78, 5) is 6.95. The number of nitrogens with two attached hydrogens (primary N) is 1. The molecule has 0 aliphatic heterocycles. The van der Waals surface area contributed by atoms with Crippen molar-refractivity contribution < 1.29 is 14.2 Å². The number of aromatic nitrogens is 2. The van der Waals surface area contributed by atoms with Gasteiger partial charge in [0.2, 0.25) is 5.75 Å². The van der Waals surface area contributed by atoms with E-state index in [1.165, 1.54) is 0 Å². The first-order valence-electron chi connectivity index (χ1n) is 5.76. The molecule has 0 atom stereocenters. The second kappa shape index (κ2) is 5.51. The number of nitrogens with zero attached hydrogens (tertiary/aromatic N) is 1. The molecule has 0 saturated heterocycles. The third kappa shape index (κ3) is 2.73. The summed E-state index contributed by atoms with van der Waals surface area (Å²) in [6.07, 6.45) is 2.36. The number of rotatable bonds is 5. The molecule has 6 heteroatoms. The van der Waals surface area contributed by atoms with E-state index in [9.17, 15) is 0 Å². The first-order valence-corrected chi connectivity index (χ1v) is 5.76. The molecule has 0 bridgehead atoms. The lowest BCUT2D eigenvalue weighted by atomic mass is 10.1. The van der Waals surface area contributed by atoms with Crippen LogP contribution in [-0.2, 0) is 6.42 Å². The van der Waals surface area contributed by atoms with Crippen molar-refractivity contribution in [3.63, 3.8) is 0 Å². The van der Waals surface area contributed by atoms with Crippen molar-refractivity contribution in [3.05, 3.63) is 29.6 Å². The zero-order chi connectivity index (χ0) is 13.8. The Kier molecular flexibility index (Phi) is 3.79. The number of nitrogens with one attached hydrogen (secondary N) is 1. The lowest BCUT2D eigenvalue weighted by Crippen LogP contribution is -1.98. The number of anilines is 1. The Labute approximate surface area is 111 Å². The second-order valence-corrected chi connectivity index (χ2v) is 4.00. The number of aromatic amines is 1. The van der Waals surface area contributed by atoms with Gasteiger partial charge in [0, 0.05) is 12.1 Å². The van der Waals surface area contributed by atoms with Crippen molar-refractivity contribution in [1.29, 1.82) is 0 Å². The van der Waals surface area contributed by atoms with Gasteiger partial charge in [-0.05, 0) is 17.7 Å². The average molecular weight is 263 g/mol. The molecule has 0 fully saturated rings. The second-order valence-electron chi connectivity index (χ2n) is 4.00. The van der Waals surface area contributed by atoms with Gasteiger partial charge in [0.05, 0.1) is 27.5 Å². The SMILES string of the molecule is COc1cc(Cc2cnc(N)[nH]2)cc(OC)c1OC. The van der Waals surface area contributed by atoms with Crippen LogP contribution in [0, 0.1) is 0 Å². The summed E-state index contributed by atoms with van der Waals surface area (Å²) in [5.41, 5.74) is 7.49. The van der Waals surface area contributed by atoms with Crippen molar-refractivity contribution in [2.24, 2.45) is 0 Å². The van der Waals surface area contributed by atoms with Gasteiger partial charge in [0.25, 0.3) is 0 Å². The third-order valence-corrected chi connectivity index (χ3v) is 2.77. The number of nitrogen functional groups attached to an aromatic ring is 1. The quantitative estimate of drug-likeness (QED) is 0.856. The standard InChI is InChI=1S/C13H17N3O3/c1-17-10-5-8(4-9-7-15-13(14)16-9)6-11(18-2)12(10)19-3/h5-7H,4H2,1-3H3,(H3,14,15,16). The van der Waals surface area contributed by atoms with E-state index < -0.39 is 0 Å². The van der Waals surface area contributed by atoms with Gasteiger partial charge in [-0.1, -0.05) is 0 Å². The summed E-state index contributed by atoms with van der Waals surface area (Å²) in [6.45, 7) is 0. The lowest BCUT2D eigenvalue weighted by Gasteiger charge is -2.13. The fraction of sp³-hybridized carbons (Fsp3) is 0.308. The molecule has 19 heavy (non-hydrogen) atoms. The molecule has 0 aliphatic carbocycles. The smallest absolute Gasteiger partial charge is 0.203 e. The third-order valence-electron chi connectivity index (χ3n) is 2.77. The Morgan fingerprint density at radius 1 is 1.11 bits per heavy atom. The topological polar surface area (TPSA) is 82.4 Å². The van der Waals surface area contributed by atoms with E-state index >= 15 is 0 Å². The Balaban J connectivity index is 2.35. The van der Waals surface area contributed by atoms with E-state index in [1.807, 2.05) is 12.1 Å². The molecule has 0 unspecified atom stereocenters. The Morgan fingerprint density at radius 3 is 2.16 bits per heavy atom. The van der Waals surface area contributed by atoms with Crippen LogP contribution in [-0.4, -0.2) is 31.3 Å². The molecule has 0 spiro atoms. The highest BCUT2D eigenvalue weighted by molar-refractivity contribution is 5.54. The summed E-state index contributed by atoms with van der Waals surface area (Å²) in [5, 5.41) is 0. The summed E-state index contributed by atoms with van der Waals surface area (Å²) >= 11 is 0. The molecule has 0 saturated carbocycles. The van der Waals surface area contributed by atoms with Gasteiger partial charge in [-0.3, -0.25) is 0 Å². The number of hydrogen-bond acceptors (Lipinski definition) is 5. The molecule has 2 rings (SSSR count). The number of hydrogen-bond donors (Lipinski definition) is 2. The van der Waals surface area contributed by atoms with E-state index in [1.54, 1.807) is 27.5 Å². The van der Waals surface area contributed by atoms with Gasteiger partial charge in [-0.15, -0.1) is 0 Å². The van der Waals surface area contributed by atoms with E-state index in [0.29, 0.717) is 29.6 Å². The average Bonchev–Trinajstić information content (AvgIpc) is 2.82. The highest BCUT2D eigenvalue weighted by Gasteiger charge is 2.13. The molecular weight excluding hydrogens is 246 g/mol. The van der Waals surface area contributed by atoms with Gasteiger partial charge in [0.1, 0.15) is 0 Å². The highest BCUT2D eigenvalue weighted by atomic mass is 16.5. The van der Waals surface area contributed by atoms with Crippen LogP contribution >= 0.6 is 0 Å². The van der Waals surface area contributed by atoms with E-state index in [2.05, 4.69) is 9.97 Å². The van der Waals surface area contributed by atoms with Crippen LogP contribution in [0.1, 0.15) is 11.3 Å². The van der Waals surface area contributed by atoms with Crippen molar-refractivity contribution in [3.8, 4) is 17.2 Å². The predicted octanol–water partition coefficient (Wildman–Crippen LogP) is 1.61. The molecule has 6 nitrogen and oxygen atoms in total. The number of benzene rings is 1. The first kappa shape index (κ1) is 13.1. The molecule has 3 N–H and O–H groups in total. The van der Waals surface area contributed by atoms with Crippen molar-refractivity contribution >= 4 is 5.95 Å². The van der Waals surface area contributed by atoms with Gasteiger partial charge in [-0.25, -0.2) is 4.98 Å². The maximum atomic E-state index is 5.55. The van der Waals surface area contributed by atoms with Gasteiger partial charge in [-0.2, -0.15) is 0 Å². The minimum absolute atomic E-state index is 0.405. The van der Waals surface area contributed by atoms with Crippen molar-refractivity contribution in [2.45, 2.75) is 6.42 Å². The van der Waals surface area contributed by atoms with Crippen LogP contribution in [0.5, 0.6) is 17.2 Å². The van der Waals surface area contributed by atoms with Crippen LogP contribution in [0.4, 0.5) is 5.95 Å². The van der Waals surface area contributed by atoms with E-state index in [4.69, 9.17) is 19.9 Å². The van der Waals surface area contributed by atoms with Crippen LogP contribution in [0.3, 0.4) is 0 Å². The fourth-order valence-electron chi connectivity index (χ4n) is 1.92. The van der Waals surface area contributed by atoms with Crippen LogP contribution < -0.4 is 19.9 Å². The Bertz CT molecular complexity index is 541. The van der Waals surface area contributed by atoms with Crippen LogP contribution in [0.25, 0.3) is 0 Å². The minimum atomic E-state index is 0.405. The molecule has 0 amide bonds. The summed E-state index contributed by atoms with van der Waals surface area (Å²) in [6, 6.07) is 3.80. The molecular formula is C13H17N3O3. The van der Waals surface area contributed by atoms with Crippen LogP contribution in [0.2, 0.25) is 0 Å². The normalized spacial score (nSPS) is 10.3. The van der Waals surface area contributed by atoms with Crippen LogP contribution in [0.15, 0.2) is 18.3 Å². The monoisotopic (exact) mass is 263 g/mol. The fourth-order valence-corrected chi connectivity index (χ4v) is 1.92.